The Bertz CT molecular complexity index is 582. The van der Waals surface area contributed by atoms with Crippen molar-refractivity contribution in [2.45, 2.75) is 13.0 Å². The van der Waals surface area contributed by atoms with Crippen molar-refractivity contribution in [2.24, 2.45) is 0 Å². The molecule has 0 spiro atoms. The summed E-state index contributed by atoms with van der Waals surface area (Å²) < 4.78 is 5.65. The van der Waals surface area contributed by atoms with E-state index in [1.807, 2.05) is 36.4 Å². The Balaban J connectivity index is 1.66. The number of rotatable bonds is 4. The van der Waals surface area contributed by atoms with Gasteiger partial charge in [0.2, 0.25) is 0 Å². The van der Waals surface area contributed by atoms with Crippen LogP contribution in [-0.4, -0.2) is 42.5 Å². The number of hydrogen-bond acceptors (Lipinski definition) is 5. The minimum atomic E-state index is 0.189. The molecule has 0 amide bonds. The van der Waals surface area contributed by atoms with Gasteiger partial charge in [-0.1, -0.05) is 30.3 Å². The van der Waals surface area contributed by atoms with Crippen molar-refractivity contribution in [2.75, 3.05) is 31.6 Å². The molecule has 1 aliphatic rings. The maximum atomic E-state index is 5.65. The number of hydrogen-bond donors (Lipinski definition) is 2. The number of nitrogens with one attached hydrogen (secondary N) is 2. The molecule has 5 heteroatoms. The predicted molar refractivity (Wildman–Crippen MR) is 83.3 cm³/mol. The van der Waals surface area contributed by atoms with Crippen molar-refractivity contribution in [3.8, 4) is 11.3 Å². The van der Waals surface area contributed by atoms with Gasteiger partial charge in [0.15, 0.2) is 0 Å². The zero-order valence-corrected chi connectivity index (χ0v) is 12.2. The second-order valence-electron chi connectivity index (χ2n) is 5.21. The first-order valence-electron chi connectivity index (χ1n) is 7.29. The number of benzene rings is 1. The third-order valence-electron chi connectivity index (χ3n) is 3.55. The number of ether oxygens (including phenoxy) is 1. The molecule has 110 valence electrons. The Morgan fingerprint density at radius 2 is 2.14 bits per heavy atom. The smallest absolute Gasteiger partial charge is 0.149 e. The molecule has 1 atom stereocenters. The van der Waals surface area contributed by atoms with Gasteiger partial charge in [-0.2, -0.15) is 0 Å². The zero-order chi connectivity index (χ0) is 14.5. The highest BCUT2D eigenvalue weighted by Crippen LogP contribution is 2.21. The molecule has 0 aliphatic carbocycles. The predicted octanol–water partition coefficient (Wildman–Crippen LogP) is 1.85. The molecule has 21 heavy (non-hydrogen) atoms. The molecular weight excluding hydrogens is 264 g/mol. The molecule has 1 aliphatic heterocycles. The van der Waals surface area contributed by atoms with Crippen LogP contribution in [0.25, 0.3) is 11.3 Å². The fourth-order valence-corrected chi connectivity index (χ4v) is 2.42. The Hall–Kier alpha value is -1.98. The highest BCUT2D eigenvalue weighted by Gasteiger charge is 2.13. The third-order valence-corrected chi connectivity index (χ3v) is 3.55. The van der Waals surface area contributed by atoms with Crippen LogP contribution in [0.1, 0.15) is 5.56 Å². The molecular formula is C16H20N4O. The SMILES string of the molecule is Cc1cc(NCC2CNCCO2)nnc1-c1ccccc1. The van der Waals surface area contributed by atoms with Gasteiger partial charge < -0.3 is 15.4 Å². The minimum absolute atomic E-state index is 0.189. The average molecular weight is 284 g/mol. The van der Waals surface area contributed by atoms with Crippen molar-refractivity contribution in [3.63, 3.8) is 0 Å². The summed E-state index contributed by atoms with van der Waals surface area (Å²) in [6, 6.07) is 12.1. The lowest BCUT2D eigenvalue weighted by molar-refractivity contribution is 0.0372. The maximum Gasteiger partial charge on any atom is 0.149 e. The van der Waals surface area contributed by atoms with Gasteiger partial charge in [0.05, 0.1) is 18.4 Å². The van der Waals surface area contributed by atoms with Gasteiger partial charge in [-0.25, -0.2) is 0 Å². The molecule has 5 nitrogen and oxygen atoms in total. The van der Waals surface area contributed by atoms with Gasteiger partial charge >= 0.3 is 0 Å². The second-order valence-corrected chi connectivity index (χ2v) is 5.21. The van der Waals surface area contributed by atoms with E-state index in [0.29, 0.717) is 0 Å². The summed E-state index contributed by atoms with van der Waals surface area (Å²) in [6.07, 6.45) is 0.189. The number of morpholine rings is 1. The standard InChI is InChI=1S/C16H20N4O/c1-12-9-15(18-11-14-10-17-7-8-21-14)19-20-16(12)13-5-3-2-4-6-13/h2-6,9,14,17H,7-8,10-11H2,1H3,(H,18,19). The van der Waals surface area contributed by atoms with Crippen LogP contribution in [0, 0.1) is 6.92 Å². The van der Waals surface area contributed by atoms with Gasteiger partial charge in [0.1, 0.15) is 5.82 Å². The largest absolute Gasteiger partial charge is 0.374 e. The molecule has 3 rings (SSSR count). The molecule has 1 aromatic heterocycles. The van der Waals surface area contributed by atoms with Crippen molar-refractivity contribution < 1.29 is 4.74 Å². The molecule has 2 heterocycles. The molecule has 1 aromatic carbocycles. The topological polar surface area (TPSA) is 59.1 Å². The Morgan fingerprint density at radius 1 is 1.29 bits per heavy atom. The molecule has 0 radical (unpaired) electrons. The summed E-state index contributed by atoms with van der Waals surface area (Å²) in [7, 11) is 0. The van der Waals surface area contributed by atoms with E-state index in [-0.39, 0.29) is 6.10 Å². The summed E-state index contributed by atoms with van der Waals surface area (Å²) >= 11 is 0. The van der Waals surface area contributed by atoms with Gasteiger partial charge in [0, 0.05) is 25.2 Å². The summed E-state index contributed by atoms with van der Waals surface area (Å²) in [5, 5.41) is 15.2. The average Bonchev–Trinajstić information content (AvgIpc) is 2.55. The first kappa shape index (κ1) is 14.0. The van der Waals surface area contributed by atoms with Gasteiger partial charge in [-0.05, 0) is 18.6 Å². The summed E-state index contributed by atoms with van der Waals surface area (Å²) in [5.74, 6) is 0.793. The normalized spacial score (nSPS) is 18.4. The van der Waals surface area contributed by atoms with Gasteiger partial charge in [0.25, 0.3) is 0 Å². The Labute approximate surface area is 124 Å². The first-order chi connectivity index (χ1) is 10.3. The monoisotopic (exact) mass is 284 g/mol. The number of aromatic nitrogens is 2. The number of aryl methyl sites for hydroxylation is 1. The molecule has 0 saturated carbocycles. The van der Waals surface area contributed by atoms with Gasteiger partial charge in [-0.15, -0.1) is 10.2 Å². The lowest BCUT2D eigenvalue weighted by Crippen LogP contribution is -2.42. The quantitative estimate of drug-likeness (QED) is 0.897. The molecule has 1 saturated heterocycles. The van der Waals surface area contributed by atoms with E-state index < -0.39 is 0 Å². The highest BCUT2D eigenvalue weighted by molar-refractivity contribution is 5.63. The van der Waals surface area contributed by atoms with E-state index in [1.165, 1.54) is 0 Å². The van der Waals surface area contributed by atoms with Crippen molar-refractivity contribution in [3.05, 3.63) is 42.0 Å². The fourth-order valence-electron chi connectivity index (χ4n) is 2.42. The summed E-state index contributed by atoms with van der Waals surface area (Å²) in [5.41, 5.74) is 3.13. The molecule has 1 unspecified atom stereocenters. The molecule has 2 aromatic rings. The second kappa shape index (κ2) is 6.65. The van der Waals surface area contributed by atoms with Crippen molar-refractivity contribution in [1.82, 2.24) is 15.5 Å². The van der Waals surface area contributed by atoms with Crippen LogP contribution in [0.15, 0.2) is 36.4 Å². The zero-order valence-electron chi connectivity index (χ0n) is 12.2. The number of anilines is 1. The van der Waals surface area contributed by atoms with E-state index in [1.54, 1.807) is 0 Å². The number of nitrogens with zero attached hydrogens (tertiary/aromatic N) is 2. The minimum Gasteiger partial charge on any atom is -0.374 e. The van der Waals surface area contributed by atoms with Crippen LogP contribution in [0.2, 0.25) is 0 Å². The van der Waals surface area contributed by atoms with Gasteiger partial charge in [-0.3, -0.25) is 0 Å². The lowest BCUT2D eigenvalue weighted by atomic mass is 10.1. The van der Waals surface area contributed by atoms with Crippen LogP contribution < -0.4 is 10.6 Å². The molecule has 1 fully saturated rings. The lowest BCUT2D eigenvalue weighted by Gasteiger charge is -2.23. The summed E-state index contributed by atoms with van der Waals surface area (Å²) in [4.78, 5) is 0. The highest BCUT2D eigenvalue weighted by atomic mass is 16.5. The van der Waals surface area contributed by atoms with Crippen LogP contribution >= 0.6 is 0 Å². The van der Waals surface area contributed by atoms with Crippen molar-refractivity contribution in [1.29, 1.82) is 0 Å². The van der Waals surface area contributed by atoms with E-state index in [0.717, 1.165) is 48.9 Å². The van der Waals surface area contributed by atoms with E-state index >= 15 is 0 Å². The fraction of sp³-hybridized carbons (Fsp3) is 0.375. The molecule has 2 N–H and O–H groups in total. The summed E-state index contributed by atoms with van der Waals surface area (Å²) in [6.45, 7) is 5.37. The van der Waals surface area contributed by atoms with E-state index in [2.05, 4.69) is 27.8 Å². The maximum absolute atomic E-state index is 5.65. The first-order valence-corrected chi connectivity index (χ1v) is 7.29. The van der Waals surface area contributed by atoms with Crippen LogP contribution in [0.5, 0.6) is 0 Å². The third kappa shape index (κ3) is 3.56. The molecule has 0 bridgehead atoms. The Kier molecular flexibility index (Phi) is 4.43. The van der Waals surface area contributed by atoms with Crippen molar-refractivity contribution >= 4 is 5.82 Å². The van der Waals surface area contributed by atoms with Crippen LogP contribution in [0.4, 0.5) is 5.82 Å². The van der Waals surface area contributed by atoms with Crippen LogP contribution in [0.3, 0.4) is 0 Å². The Morgan fingerprint density at radius 3 is 2.86 bits per heavy atom. The van der Waals surface area contributed by atoms with E-state index in [4.69, 9.17) is 4.74 Å². The van der Waals surface area contributed by atoms with Crippen LogP contribution in [-0.2, 0) is 4.74 Å². The van der Waals surface area contributed by atoms with E-state index in [9.17, 15) is 0 Å².